The Hall–Kier alpha value is -0.405. The minimum atomic E-state index is -3.37. The first-order valence-electron chi connectivity index (χ1n) is 4.30. The number of benzene rings is 1. The molecule has 0 aliphatic heterocycles. The van der Waals surface area contributed by atoms with Crippen molar-refractivity contribution in [1.29, 1.82) is 0 Å². The number of hydrogen-bond donors (Lipinski definition) is 1. The van der Waals surface area contributed by atoms with Crippen LogP contribution in [0.5, 0.6) is 0 Å². The fourth-order valence-corrected chi connectivity index (χ4v) is 1.68. The molecular formula is C9H16BNNaO5S+. The zero-order valence-corrected chi connectivity index (χ0v) is 12.7. The van der Waals surface area contributed by atoms with Crippen molar-refractivity contribution >= 4 is 18.5 Å². The van der Waals surface area contributed by atoms with Crippen LogP contribution in [-0.2, 0) is 14.3 Å². The Labute approximate surface area is 131 Å². The summed E-state index contributed by atoms with van der Waals surface area (Å²) < 4.78 is 26.4. The van der Waals surface area contributed by atoms with Gasteiger partial charge in [-0.1, -0.05) is 30.3 Å². The Morgan fingerprint density at radius 2 is 1.67 bits per heavy atom. The summed E-state index contributed by atoms with van der Waals surface area (Å²) in [6.07, 6.45) is 0.628. The maximum Gasteiger partial charge on any atom is 1.00 e. The Kier molecular flexibility index (Phi) is 14.8. The van der Waals surface area contributed by atoms with Crippen molar-refractivity contribution in [3.63, 3.8) is 0 Å². The summed E-state index contributed by atoms with van der Waals surface area (Å²) in [5.74, 6) is 0. The second kappa shape index (κ2) is 11.7. The molecule has 9 heteroatoms. The largest absolute Gasteiger partial charge is 1.00 e. The molecule has 0 saturated heterocycles. The van der Waals surface area contributed by atoms with Crippen LogP contribution in [0.1, 0.15) is 18.6 Å². The molecule has 0 amide bonds. The molecule has 96 valence electrons. The van der Waals surface area contributed by atoms with Gasteiger partial charge in [-0.05, 0) is 12.5 Å². The van der Waals surface area contributed by atoms with Crippen LogP contribution < -0.4 is 29.6 Å². The summed E-state index contributed by atoms with van der Waals surface area (Å²) in [5.41, 5.74) is 0.855. The van der Waals surface area contributed by atoms with E-state index in [2.05, 4.69) is 0 Å². The van der Waals surface area contributed by atoms with Crippen molar-refractivity contribution in [1.82, 2.24) is 0 Å². The molecule has 0 saturated carbocycles. The standard InChI is InChI=1S/C9H12O3S.BH3.HNO2.Na/c1-8(12-13(2,10)11)9-6-4-3-5-7-9;;2-1-3;/h3-8H,1-2H3;1H3;(H,2,3);/q;;;+1. The third-order valence-electron chi connectivity index (χ3n) is 1.59. The molecule has 1 rings (SSSR count). The molecule has 1 unspecified atom stereocenters. The van der Waals surface area contributed by atoms with E-state index in [-0.39, 0.29) is 38.0 Å². The van der Waals surface area contributed by atoms with Gasteiger partial charge in [0.1, 0.15) is 0 Å². The molecular weight excluding hydrogens is 268 g/mol. The van der Waals surface area contributed by atoms with E-state index in [1.807, 2.05) is 30.3 Å². The van der Waals surface area contributed by atoms with Gasteiger partial charge in [-0.15, -0.1) is 4.91 Å². The first-order valence-corrected chi connectivity index (χ1v) is 6.12. The third-order valence-corrected chi connectivity index (χ3v) is 2.23. The number of nitrogens with zero attached hydrogens (tertiary/aromatic N) is 1. The molecule has 1 aromatic rings. The van der Waals surface area contributed by atoms with Gasteiger partial charge in [0.15, 0.2) is 5.34 Å². The fraction of sp³-hybridized carbons (Fsp3) is 0.333. The van der Waals surface area contributed by atoms with Crippen LogP contribution in [-0.4, -0.2) is 28.3 Å². The minimum Gasteiger partial charge on any atom is -0.379 e. The van der Waals surface area contributed by atoms with E-state index in [1.165, 1.54) is 5.34 Å². The van der Waals surface area contributed by atoms with Crippen LogP contribution in [0.3, 0.4) is 0 Å². The van der Waals surface area contributed by atoms with Gasteiger partial charge >= 0.3 is 29.6 Å². The molecule has 0 fully saturated rings. The van der Waals surface area contributed by atoms with Crippen LogP contribution in [0.25, 0.3) is 0 Å². The van der Waals surface area contributed by atoms with Gasteiger partial charge < -0.3 is 5.21 Å². The summed E-state index contributed by atoms with van der Waals surface area (Å²) in [6, 6.07) is 9.22. The van der Waals surface area contributed by atoms with Crippen molar-refractivity contribution in [2.24, 2.45) is 5.34 Å². The van der Waals surface area contributed by atoms with E-state index in [0.29, 0.717) is 0 Å². The van der Waals surface area contributed by atoms with Crippen LogP contribution in [0.4, 0.5) is 0 Å². The molecule has 1 N–H and O–H groups in total. The molecule has 0 radical (unpaired) electrons. The molecule has 0 bridgehead atoms. The second-order valence-electron chi connectivity index (χ2n) is 2.93. The fourth-order valence-electron chi connectivity index (χ4n) is 1.04. The Balaban J connectivity index is -0.000000410. The third kappa shape index (κ3) is 12.1. The first-order chi connectivity index (χ1) is 7.40. The van der Waals surface area contributed by atoms with Gasteiger partial charge in [-0.25, -0.2) is 0 Å². The van der Waals surface area contributed by atoms with E-state index >= 15 is 0 Å². The Bertz CT molecular complexity index is 414. The van der Waals surface area contributed by atoms with Crippen molar-refractivity contribution < 1.29 is 47.4 Å². The Morgan fingerprint density at radius 3 is 2.00 bits per heavy atom. The van der Waals surface area contributed by atoms with E-state index in [9.17, 15) is 8.42 Å². The molecule has 0 aliphatic carbocycles. The van der Waals surface area contributed by atoms with Gasteiger partial charge in [-0.2, -0.15) is 8.42 Å². The summed E-state index contributed by atoms with van der Waals surface area (Å²) in [7, 11) is -3.37. The maximum absolute atomic E-state index is 10.8. The molecule has 0 heterocycles. The molecule has 0 aromatic heterocycles. The maximum atomic E-state index is 10.8. The average Bonchev–Trinajstić information content (AvgIpc) is 2.18. The molecule has 6 nitrogen and oxygen atoms in total. The minimum absolute atomic E-state index is 0. The number of rotatable bonds is 3. The molecule has 0 spiro atoms. The van der Waals surface area contributed by atoms with Gasteiger partial charge in [-0.3, -0.25) is 4.18 Å². The van der Waals surface area contributed by atoms with Gasteiger partial charge in [0.2, 0.25) is 0 Å². The quantitative estimate of drug-likeness (QED) is 0.291. The van der Waals surface area contributed by atoms with Crippen LogP contribution in [0.2, 0.25) is 0 Å². The van der Waals surface area contributed by atoms with Crippen molar-refractivity contribution in [2.45, 2.75) is 13.0 Å². The van der Waals surface area contributed by atoms with Crippen LogP contribution in [0, 0.1) is 4.91 Å². The van der Waals surface area contributed by atoms with Gasteiger partial charge in [0, 0.05) is 0 Å². The predicted octanol–water partition coefficient (Wildman–Crippen LogP) is -2.31. The summed E-state index contributed by atoms with van der Waals surface area (Å²) in [5, 5.41) is 7.89. The van der Waals surface area contributed by atoms with Crippen molar-refractivity contribution in [3.8, 4) is 0 Å². The topological polar surface area (TPSA) is 93.0 Å². The molecule has 1 aromatic carbocycles. The van der Waals surface area contributed by atoms with E-state index in [4.69, 9.17) is 14.3 Å². The van der Waals surface area contributed by atoms with Gasteiger partial charge in [0.25, 0.3) is 10.1 Å². The number of hydrogen-bond acceptors (Lipinski definition) is 5. The van der Waals surface area contributed by atoms with Gasteiger partial charge in [0.05, 0.1) is 20.8 Å². The van der Waals surface area contributed by atoms with E-state index < -0.39 is 16.2 Å². The van der Waals surface area contributed by atoms with Crippen molar-refractivity contribution in [2.75, 3.05) is 6.26 Å². The van der Waals surface area contributed by atoms with Crippen LogP contribution >= 0.6 is 0 Å². The van der Waals surface area contributed by atoms with E-state index in [0.717, 1.165) is 11.8 Å². The zero-order valence-electron chi connectivity index (χ0n) is 9.90. The zero-order chi connectivity index (χ0) is 12.6. The second-order valence-corrected chi connectivity index (χ2v) is 4.54. The summed E-state index contributed by atoms with van der Waals surface area (Å²) in [4.78, 5) is 8.11. The summed E-state index contributed by atoms with van der Waals surface area (Å²) >= 11 is 0. The monoisotopic (exact) mass is 284 g/mol. The van der Waals surface area contributed by atoms with Crippen LogP contribution in [0.15, 0.2) is 35.7 Å². The van der Waals surface area contributed by atoms with Crippen molar-refractivity contribution in [3.05, 3.63) is 40.8 Å². The smallest absolute Gasteiger partial charge is 0.379 e. The first kappa shape index (κ1) is 22.7. The molecule has 18 heavy (non-hydrogen) atoms. The normalized spacial score (nSPS) is 10.8. The average molecular weight is 284 g/mol. The SMILES string of the molecule is B.CC(OS(C)(=O)=O)c1ccccc1.O=NO.[Na+]. The Morgan fingerprint density at radius 1 is 1.28 bits per heavy atom. The molecule has 1 atom stereocenters. The van der Waals surface area contributed by atoms with E-state index in [1.54, 1.807) is 6.92 Å². The summed E-state index contributed by atoms with van der Waals surface area (Å²) in [6.45, 7) is 1.70. The predicted molar refractivity (Wildman–Crippen MR) is 68.3 cm³/mol. The molecule has 0 aliphatic rings.